The van der Waals surface area contributed by atoms with Crippen LogP contribution in [0, 0.1) is 0 Å². The Labute approximate surface area is 185 Å². The quantitative estimate of drug-likeness (QED) is 0.411. The Morgan fingerprint density at radius 1 is 0.667 bits per heavy atom. The van der Waals surface area contributed by atoms with Gasteiger partial charge in [0.05, 0.1) is 0 Å². The van der Waals surface area contributed by atoms with E-state index in [4.69, 9.17) is 0 Å². The molecule has 0 amide bonds. The van der Waals surface area contributed by atoms with E-state index in [1.165, 1.54) is 26.1 Å². The Hall–Kier alpha value is 3.26. The van der Waals surface area contributed by atoms with Crippen LogP contribution in [0.5, 0.6) is 0 Å². The molecule has 0 fully saturated rings. The Morgan fingerprint density at radius 2 is 0.952 bits per heavy atom. The van der Waals surface area contributed by atoms with Gasteiger partial charge in [-0.25, -0.2) is 0 Å². The summed E-state index contributed by atoms with van der Waals surface area (Å²) in [5.74, 6) is 0. The topological polar surface area (TPSA) is 0 Å². The summed E-state index contributed by atoms with van der Waals surface area (Å²) in [5, 5.41) is -2.71. The first kappa shape index (κ1) is 24.3. The van der Waals surface area contributed by atoms with Gasteiger partial charge in [-0.05, 0) is 0 Å². The van der Waals surface area contributed by atoms with Gasteiger partial charge in [0.15, 0.2) is 0 Å². The molecule has 0 unspecified atom stereocenters. The summed E-state index contributed by atoms with van der Waals surface area (Å²) >= 11 is 9.17. The second kappa shape index (κ2) is 9.27. The maximum atomic E-state index is 2.77. The zero-order chi connectivity index (χ0) is 17.1. The van der Waals surface area contributed by atoms with E-state index in [-0.39, 0.29) is 0 Å². The van der Waals surface area contributed by atoms with Crippen molar-refractivity contribution in [2.24, 2.45) is 0 Å². The van der Waals surface area contributed by atoms with Gasteiger partial charge in [0, 0.05) is 0 Å². The van der Waals surface area contributed by atoms with Gasteiger partial charge < -0.3 is 0 Å². The van der Waals surface area contributed by atoms with Crippen molar-refractivity contribution in [3.05, 3.63) is 30.3 Å². The van der Waals surface area contributed by atoms with E-state index >= 15 is 0 Å². The van der Waals surface area contributed by atoms with Crippen molar-refractivity contribution in [3.8, 4) is 0 Å². The van der Waals surface area contributed by atoms with Crippen LogP contribution in [-0.2, 0) is 0 Å². The van der Waals surface area contributed by atoms with Crippen LogP contribution >= 0.6 is 0 Å². The molecule has 0 spiro atoms. The van der Waals surface area contributed by atoms with Crippen LogP contribution < -0.4 is 3.58 Å². The molecule has 21 heavy (non-hydrogen) atoms. The van der Waals surface area contributed by atoms with Gasteiger partial charge in [0.2, 0.25) is 0 Å². The minimum absolute atomic E-state index is 0.904. The van der Waals surface area contributed by atoms with Crippen molar-refractivity contribution in [1.82, 2.24) is 0 Å². The Balaban J connectivity index is 0.000000471. The third-order valence-corrected chi connectivity index (χ3v) is 130. The molecule has 0 atom stereocenters. The van der Waals surface area contributed by atoms with Crippen molar-refractivity contribution in [1.29, 1.82) is 0 Å². The first-order valence-corrected chi connectivity index (χ1v) is 33.2. The fourth-order valence-electron chi connectivity index (χ4n) is 2.61. The zero-order valence-corrected chi connectivity index (χ0v) is 28.0. The maximum absolute atomic E-state index is 2.77. The zero-order valence-electron chi connectivity index (χ0n) is 14.1. The number of rotatable bonds is 3. The molecule has 0 nitrogen and oxygen atoms in total. The van der Waals surface area contributed by atoms with Crippen molar-refractivity contribution >= 4 is 113 Å². The van der Waals surface area contributed by atoms with Gasteiger partial charge in [-0.15, -0.1) is 0 Å². The molecule has 0 aliphatic carbocycles. The molecule has 8 heteroatoms. The summed E-state index contributed by atoms with van der Waals surface area (Å²) < 4.78 is 1.41. The third-order valence-electron chi connectivity index (χ3n) is 4.39. The van der Waals surface area contributed by atoms with Crippen LogP contribution in [-0.4, -0.2) is 109 Å². The predicted octanol–water partition coefficient (Wildman–Crippen LogP) is 1.90. The third kappa shape index (κ3) is 7.18. The molecule has 116 valence electrons. The Kier molecular flexibility index (Phi) is 10.7. The molecule has 6 radical (unpaired) electrons. The van der Waals surface area contributed by atoms with Crippen LogP contribution in [0.2, 0.25) is 45.8 Å². The van der Waals surface area contributed by atoms with Gasteiger partial charge in [-0.1, -0.05) is 0 Å². The molecular formula is C13H26Si4SnTe3. The van der Waals surface area contributed by atoms with E-state index in [1.807, 2.05) is 6.07 Å². The fraction of sp³-hybridized carbons (Fsp3) is 0.538. The van der Waals surface area contributed by atoms with Gasteiger partial charge in [0.25, 0.3) is 0 Å². The van der Waals surface area contributed by atoms with Gasteiger partial charge in [-0.3, -0.25) is 0 Å². The van der Waals surface area contributed by atoms with Gasteiger partial charge in [-0.2, -0.15) is 0 Å². The number of hydrogen-bond acceptors (Lipinski definition) is 0. The van der Waals surface area contributed by atoms with Gasteiger partial charge in [0.1, 0.15) is 0 Å². The molecule has 0 saturated carbocycles. The summed E-state index contributed by atoms with van der Waals surface area (Å²) in [4.78, 5) is 0. The SMILES string of the molecule is C[Si](C)([Te])[Si](C)([Si](C)(C)[Te])[Si](C)(C)[Te].[Sn][c]1ccccc1. The molecule has 0 N–H and O–H groups in total. The molecule has 0 aliphatic rings. The summed E-state index contributed by atoms with van der Waals surface area (Å²) in [5.41, 5.74) is 0. The van der Waals surface area contributed by atoms with Crippen LogP contribution in [0.25, 0.3) is 0 Å². The van der Waals surface area contributed by atoms with Crippen molar-refractivity contribution in [2.75, 3.05) is 0 Å². The molecular weight excluding hydrogens is 770 g/mol. The van der Waals surface area contributed by atoms with E-state index in [1.54, 1.807) is 0 Å². The average molecular weight is 796 g/mol. The van der Waals surface area contributed by atoms with Crippen LogP contribution in [0.1, 0.15) is 0 Å². The first-order chi connectivity index (χ1) is 9.14. The fourth-order valence-corrected chi connectivity index (χ4v) is 228. The second-order valence-corrected chi connectivity index (χ2v) is 81.0. The molecule has 0 heterocycles. The van der Waals surface area contributed by atoms with Crippen molar-refractivity contribution in [3.63, 3.8) is 0 Å². The van der Waals surface area contributed by atoms with E-state index in [0.717, 1.165) is 0 Å². The van der Waals surface area contributed by atoms with Crippen LogP contribution in [0.15, 0.2) is 30.3 Å². The summed E-state index contributed by atoms with van der Waals surface area (Å²) in [7, 11) is 0. The van der Waals surface area contributed by atoms with Gasteiger partial charge >= 0.3 is 189 Å². The summed E-state index contributed by atoms with van der Waals surface area (Å²) in [6.45, 7) is 17.7. The summed E-state index contributed by atoms with van der Waals surface area (Å²) in [6, 6.07) is 10.4. The van der Waals surface area contributed by atoms with Crippen LogP contribution in [0.4, 0.5) is 0 Å². The number of hydrogen-bond donors (Lipinski definition) is 0. The molecule has 1 aromatic carbocycles. The molecule has 0 bridgehead atoms. The standard InChI is InChI=1S/C7H21Si4Te3.C6H5.Sn/c1-8(2,12)11(7,9(3,4)13)10(5,6)14;1-2-4-6-5-3-1;/h1-7H3;1-5H;. The molecule has 1 rings (SSSR count). The van der Waals surface area contributed by atoms with E-state index in [9.17, 15) is 0 Å². The van der Waals surface area contributed by atoms with E-state index in [2.05, 4.69) is 135 Å². The molecule has 0 aromatic heterocycles. The Bertz CT molecular complexity index is 399. The predicted molar refractivity (Wildman–Crippen MR) is 113 cm³/mol. The first-order valence-electron chi connectivity index (χ1n) is 7.02. The molecule has 1 aromatic rings. The van der Waals surface area contributed by atoms with Crippen LogP contribution in [0.3, 0.4) is 0 Å². The molecule has 0 saturated heterocycles. The average Bonchev–Trinajstić information content (AvgIpc) is 2.25. The normalized spacial score (nSPS) is 13.5. The van der Waals surface area contributed by atoms with Crippen molar-refractivity contribution < 1.29 is 0 Å². The second-order valence-electron chi connectivity index (χ2n) is 7.02. The number of benzene rings is 1. The summed E-state index contributed by atoms with van der Waals surface area (Å²) in [6.07, 6.45) is 0. The monoisotopic (exact) mass is 804 g/mol. The molecule has 0 aliphatic heterocycles. The van der Waals surface area contributed by atoms with E-state index < -0.39 is 22.0 Å². The van der Waals surface area contributed by atoms with Crippen molar-refractivity contribution in [2.45, 2.75) is 45.8 Å². The van der Waals surface area contributed by atoms with E-state index in [0.29, 0.717) is 0 Å². The Morgan fingerprint density at radius 3 is 1.05 bits per heavy atom. The minimum atomic E-state index is -0.924.